The molecule has 5 atom stereocenters. The zero-order valence-electron chi connectivity index (χ0n) is 17.6. The zero-order chi connectivity index (χ0) is 20.2. The Hall–Kier alpha value is -1.85. The molecule has 2 aliphatic carbocycles. The zero-order valence-corrected chi connectivity index (χ0v) is 17.6. The lowest BCUT2D eigenvalue weighted by Gasteiger charge is -2.51. The van der Waals surface area contributed by atoms with Crippen molar-refractivity contribution in [3.63, 3.8) is 0 Å². The van der Waals surface area contributed by atoms with Crippen molar-refractivity contribution in [2.45, 2.75) is 69.6 Å². The van der Waals surface area contributed by atoms with Crippen LogP contribution in [-0.4, -0.2) is 46.3 Å². The Morgan fingerprint density at radius 3 is 2.83 bits per heavy atom. The Morgan fingerprint density at radius 1 is 1.13 bits per heavy atom. The second-order valence-electron chi connectivity index (χ2n) is 10.00. The Morgan fingerprint density at radius 2 is 1.97 bits per heavy atom. The number of hydrogen-bond donors (Lipinski definition) is 2. The summed E-state index contributed by atoms with van der Waals surface area (Å²) in [4.78, 5) is 19.5. The van der Waals surface area contributed by atoms with Gasteiger partial charge in [0.2, 0.25) is 0 Å². The number of esters is 1. The van der Waals surface area contributed by atoms with Crippen LogP contribution in [-0.2, 0) is 16.0 Å². The first-order valence-corrected chi connectivity index (χ1v) is 11.9. The number of hydrogen-bond acceptors (Lipinski definition) is 4. The van der Waals surface area contributed by atoms with Crippen LogP contribution >= 0.6 is 0 Å². The van der Waals surface area contributed by atoms with Crippen LogP contribution in [0.4, 0.5) is 0 Å². The number of aromatic amines is 1. The molecular weight excluding hydrogens is 376 g/mol. The van der Waals surface area contributed by atoms with Gasteiger partial charge in [-0.15, -0.1) is 0 Å². The average Bonchev–Trinajstić information content (AvgIpc) is 3.39. The number of para-hydroxylation sites is 1. The maximum atomic E-state index is 13.2. The Bertz CT molecular complexity index is 947. The molecule has 30 heavy (non-hydrogen) atoms. The van der Waals surface area contributed by atoms with Gasteiger partial charge >= 0.3 is 5.97 Å². The van der Waals surface area contributed by atoms with Gasteiger partial charge in [-0.05, 0) is 74.8 Å². The highest BCUT2D eigenvalue weighted by atomic mass is 16.5. The fourth-order valence-electron chi connectivity index (χ4n) is 6.92. The topological polar surface area (TPSA) is 65.6 Å². The molecule has 4 aliphatic rings. The van der Waals surface area contributed by atoms with Crippen LogP contribution in [0.5, 0.6) is 0 Å². The molecule has 1 aromatic carbocycles. The number of carbonyl (C=O) groups excluding carboxylic acids is 1. The smallest absolute Gasteiger partial charge is 0.312 e. The van der Waals surface area contributed by atoms with E-state index in [-0.39, 0.29) is 23.9 Å². The van der Waals surface area contributed by atoms with Crippen molar-refractivity contribution >= 4 is 16.9 Å². The van der Waals surface area contributed by atoms with Crippen molar-refractivity contribution in [1.82, 2.24) is 9.88 Å². The molecule has 0 spiro atoms. The van der Waals surface area contributed by atoms with Gasteiger partial charge in [-0.1, -0.05) is 18.2 Å². The number of aliphatic hydroxyl groups excluding tert-OH is 1. The predicted octanol–water partition coefficient (Wildman–Crippen LogP) is 3.96. The number of aromatic nitrogens is 1. The molecule has 2 aliphatic heterocycles. The van der Waals surface area contributed by atoms with E-state index < -0.39 is 6.10 Å². The van der Waals surface area contributed by atoms with E-state index in [0.717, 1.165) is 64.5 Å². The second-order valence-corrected chi connectivity index (χ2v) is 10.00. The number of nitrogens with one attached hydrogen (secondary N) is 1. The number of H-pyrrole nitrogens is 1. The number of benzene rings is 1. The van der Waals surface area contributed by atoms with Crippen molar-refractivity contribution < 1.29 is 14.6 Å². The van der Waals surface area contributed by atoms with E-state index in [0.29, 0.717) is 12.0 Å². The Balaban J connectivity index is 1.30. The SMILES string of the molecule is O=C(OC1CCCC1)[C@@H]1[C@H]2C[C@H]3c4[nH]c5ccccc5c4CCN3C[C@@H]2CC[C@@H]1O. The molecule has 2 saturated carbocycles. The van der Waals surface area contributed by atoms with E-state index in [1.54, 1.807) is 0 Å². The van der Waals surface area contributed by atoms with Gasteiger partial charge in [0.25, 0.3) is 0 Å². The van der Waals surface area contributed by atoms with Crippen LogP contribution in [0.15, 0.2) is 24.3 Å². The second kappa shape index (κ2) is 7.38. The molecule has 6 rings (SSSR count). The lowest BCUT2D eigenvalue weighted by atomic mass is 9.65. The van der Waals surface area contributed by atoms with Crippen molar-refractivity contribution in [3.05, 3.63) is 35.5 Å². The van der Waals surface area contributed by atoms with Crippen LogP contribution < -0.4 is 0 Å². The predicted molar refractivity (Wildman–Crippen MR) is 115 cm³/mol. The summed E-state index contributed by atoms with van der Waals surface area (Å²) in [6.45, 7) is 2.12. The monoisotopic (exact) mass is 408 g/mol. The van der Waals surface area contributed by atoms with Gasteiger partial charge in [0, 0.05) is 29.7 Å². The lowest BCUT2D eigenvalue weighted by molar-refractivity contribution is -0.168. The highest BCUT2D eigenvalue weighted by molar-refractivity contribution is 5.85. The molecule has 0 amide bonds. The Labute approximate surface area is 177 Å². The number of piperidine rings is 1. The molecule has 1 aromatic heterocycles. The van der Waals surface area contributed by atoms with Gasteiger partial charge in [0.15, 0.2) is 0 Å². The normalized spacial score (nSPS) is 34.4. The molecule has 0 radical (unpaired) electrons. The number of ether oxygens (including phenoxy) is 1. The van der Waals surface area contributed by atoms with Gasteiger partial charge in [-0.25, -0.2) is 0 Å². The summed E-state index contributed by atoms with van der Waals surface area (Å²) in [6, 6.07) is 8.90. The number of carbonyl (C=O) groups is 1. The lowest BCUT2D eigenvalue weighted by Crippen LogP contribution is -2.53. The summed E-state index contributed by atoms with van der Waals surface area (Å²) in [6.07, 6.45) is 7.54. The molecule has 2 N–H and O–H groups in total. The standard InChI is InChI=1S/C25H32N2O3/c28-22-10-9-15-14-27-12-11-18-17-7-3-4-8-20(17)26-24(18)21(27)13-19(15)23(22)25(29)30-16-5-1-2-6-16/h3-4,7-8,15-16,19,21-23,26,28H,1-2,5-6,9-14H2/t15-,19-,21-,22-,23+/m0/s1. The van der Waals surface area contributed by atoms with Crippen LogP contribution in [0.1, 0.15) is 62.2 Å². The maximum Gasteiger partial charge on any atom is 0.312 e. The summed E-state index contributed by atoms with van der Waals surface area (Å²) in [5.74, 6) is 0.199. The Kier molecular flexibility index (Phi) is 4.65. The van der Waals surface area contributed by atoms with Gasteiger partial charge in [-0.3, -0.25) is 9.69 Å². The highest BCUT2D eigenvalue weighted by Crippen LogP contribution is 2.49. The fourth-order valence-corrected chi connectivity index (χ4v) is 6.92. The average molecular weight is 409 g/mol. The number of fused-ring (bicyclic) bond motifs is 6. The van der Waals surface area contributed by atoms with Crippen molar-refractivity contribution in [1.29, 1.82) is 0 Å². The van der Waals surface area contributed by atoms with Crippen molar-refractivity contribution in [2.75, 3.05) is 13.1 Å². The highest BCUT2D eigenvalue weighted by Gasteiger charge is 2.50. The minimum atomic E-state index is -0.558. The molecule has 5 heteroatoms. The molecule has 3 fully saturated rings. The summed E-state index contributed by atoms with van der Waals surface area (Å²) < 4.78 is 5.90. The minimum Gasteiger partial charge on any atom is -0.462 e. The van der Waals surface area contributed by atoms with E-state index in [4.69, 9.17) is 4.74 Å². The molecular formula is C25H32N2O3. The van der Waals surface area contributed by atoms with Crippen molar-refractivity contribution in [3.8, 4) is 0 Å². The van der Waals surface area contributed by atoms with E-state index in [9.17, 15) is 9.90 Å². The molecule has 3 heterocycles. The minimum absolute atomic E-state index is 0.0696. The van der Waals surface area contributed by atoms with Gasteiger partial charge in [0.1, 0.15) is 6.10 Å². The van der Waals surface area contributed by atoms with E-state index in [1.165, 1.54) is 22.2 Å². The van der Waals surface area contributed by atoms with Crippen LogP contribution in [0, 0.1) is 17.8 Å². The number of aliphatic hydroxyl groups is 1. The van der Waals surface area contributed by atoms with Gasteiger partial charge in [-0.2, -0.15) is 0 Å². The summed E-state index contributed by atoms with van der Waals surface area (Å²) >= 11 is 0. The largest absolute Gasteiger partial charge is 0.462 e. The first kappa shape index (κ1) is 18.9. The quantitative estimate of drug-likeness (QED) is 0.739. The third kappa shape index (κ3) is 3.01. The first-order chi connectivity index (χ1) is 14.7. The van der Waals surface area contributed by atoms with E-state index >= 15 is 0 Å². The third-order valence-corrected chi connectivity index (χ3v) is 8.41. The summed E-state index contributed by atoms with van der Waals surface area (Å²) in [5, 5.41) is 12.2. The van der Waals surface area contributed by atoms with Crippen LogP contribution in [0.2, 0.25) is 0 Å². The molecule has 1 saturated heterocycles. The fraction of sp³-hybridized carbons (Fsp3) is 0.640. The summed E-state index contributed by atoms with van der Waals surface area (Å²) in [7, 11) is 0. The van der Waals surface area contributed by atoms with Crippen LogP contribution in [0.3, 0.4) is 0 Å². The van der Waals surface area contributed by atoms with Gasteiger partial charge in [0.05, 0.1) is 18.1 Å². The summed E-state index contributed by atoms with van der Waals surface area (Å²) in [5.41, 5.74) is 4.00. The number of nitrogens with zero attached hydrogens (tertiary/aromatic N) is 1. The third-order valence-electron chi connectivity index (χ3n) is 8.41. The number of rotatable bonds is 2. The van der Waals surface area contributed by atoms with Crippen LogP contribution in [0.25, 0.3) is 10.9 Å². The molecule has 0 unspecified atom stereocenters. The molecule has 2 aromatic rings. The van der Waals surface area contributed by atoms with Gasteiger partial charge < -0.3 is 14.8 Å². The molecule has 0 bridgehead atoms. The first-order valence-electron chi connectivity index (χ1n) is 11.9. The molecule has 5 nitrogen and oxygen atoms in total. The molecule has 160 valence electrons. The van der Waals surface area contributed by atoms with E-state index in [2.05, 4.69) is 34.1 Å². The maximum absolute atomic E-state index is 13.2. The van der Waals surface area contributed by atoms with E-state index in [1.807, 2.05) is 0 Å². The van der Waals surface area contributed by atoms with Crippen molar-refractivity contribution in [2.24, 2.45) is 17.8 Å².